The van der Waals surface area contributed by atoms with Crippen molar-refractivity contribution in [2.45, 2.75) is 32.1 Å². The van der Waals surface area contributed by atoms with Gasteiger partial charge in [-0.1, -0.05) is 19.3 Å². The van der Waals surface area contributed by atoms with Gasteiger partial charge in [0.05, 0.1) is 11.7 Å². The Balaban J connectivity index is 0.000000133. The maximum Gasteiger partial charge on any atom is 0.155 e. The molecule has 1 aliphatic rings. The van der Waals surface area contributed by atoms with Crippen LogP contribution >= 0.6 is 0 Å². The second-order valence-electron chi connectivity index (χ2n) is 5.36. The molecule has 3 N–H and O–H groups in total. The molecule has 0 unspecified atom stereocenters. The molecule has 1 saturated carbocycles. The fraction of sp³-hybridized carbons (Fsp3) is 0.467. The molecule has 1 aliphatic carbocycles. The number of hydrogen-bond acceptors (Lipinski definition) is 3. The van der Waals surface area contributed by atoms with Crippen LogP contribution in [0.25, 0.3) is 16.8 Å². The van der Waals surface area contributed by atoms with Gasteiger partial charge in [0.25, 0.3) is 0 Å². The molecule has 5 heteroatoms. The molecule has 1 fully saturated rings. The fourth-order valence-electron chi connectivity index (χ4n) is 2.81. The molecule has 0 amide bonds. The first-order valence-corrected chi connectivity index (χ1v) is 7.33. The highest BCUT2D eigenvalue weighted by Gasteiger charge is 2.09. The van der Waals surface area contributed by atoms with E-state index in [0.717, 1.165) is 29.3 Å². The monoisotopic (exact) mass is 271 g/mol. The van der Waals surface area contributed by atoms with E-state index in [4.69, 9.17) is 5.73 Å². The van der Waals surface area contributed by atoms with Crippen molar-refractivity contribution in [1.82, 2.24) is 19.4 Å². The number of fused-ring (bicyclic) bond motifs is 3. The maximum atomic E-state index is 5.50. The summed E-state index contributed by atoms with van der Waals surface area (Å²) in [7, 11) is 0. The van der Waals surface area contributed by atoms with E-state index in [1.807, 2.05) is 22.9 Å². The zero-order valence-electron chi connectivity index (χ0n) is 11.6. The molecular formula is C15H21N5. The van der Waals surface area contributed by atoms with Crippen molar-refractivity contribution in [3.05, 3.63) is 30.9 Å². The summed E-state index contributed by atoms with van der Waals surface area (Å²) in [5, 5.41) is 0. The van der Waals surface area contributed by atoms with Gasteiger partial charge in [-0.2, -0.15) is 0 Å². The third-order valence-electron chi connectivity index (χ3n) is 4.00. The van der Waals surface area contributed by atoms with Crippen molar-refractivity contribution in [1.29, 1.82) is 0 Å². The second-order valence-corrected chi connectivity index (χ2v) is 5.36. The van der Waals surface area contributed by atoms with E-state index in [0.29, 0.717) is 0 Å². The Morgan fingerprint density at radius 2 is 2.10 bits per heavy atom. The van der Waals surface area contributed by atoms with Gasteiger partial charge in [-0.25, -0.2) is 9.97 Å². The molecule has 0 aromatic carbocycles. The van der Waals surface area contributed by atoms with Gasteiger partial charge >= 0.3 is 0 Å². The average Bonchev–Trinajstić information content (AvgIpc) is 3.16. The predicted octanol–water partition coefficient (Wildman–Crippen LogP) is 2.74. The van der Waals surface area contributed by atoms with E-state index in [-0.39, 0.29) is 0 Å². The molecule has 5 nitrogen and oxygen atoms in total. The standard InChI is InChI=1S/C8H6N4.C7H15N/c1-2-10-8-6(1)12-4-3-9-7(12)5-11-8;8-6-7-4-2-1-3-5-7/h1-5,10H;7H,1-6,8H2. The van der Waals surface area contributed by atoms with Crippen LogP contribution in [-0.4, -0.2) is 25.9 Å². The van der Waals surface area contributed by atoms with E-state index >= 15 is 0 Å². The van der Waals surface area contributed by atoms with E-state index in [2.05, 4.69) is 15.0 Å². The van der Waals surface area contributed by atoms with Gasteiger partial charge in [0.2, 0.25) is 0 Å². The minimum atomic E-state index is 0.865. The molecule has 20 heavy (non-hydrogen) atoms. The quantitative estimate of drug-likeness (QED) is 0.715. The van der Waals surface area contributed by atoms with Gasteiger partial charge in [0.15, 0.2) is 11.3 Å². The van der Waals surface area contributed by atoms with Crippen LogP contribution in [-0.2, 0) is 0 Å². The molecule has 0 aliphatic heterocycles. The van der Waals surface area contributed by atoms with Gasteiger partial charge in [-0.3, -0.25) is 4.40 Å². The smallest absolute Gasteiger partial charge is 0.155 e. The highest BCUT2D eigenvalue weighted by molar-refractivity contribution is 5.73. The number of hydrogen-bond donors (Lipinski definition) is 2. The van der Waals surface area contributed by atoms with Crippen molar-refractivity contribution >= 4 is 16.8 Å². The molecule has 4 rings (SSSR count). The number of H-pyrrole nitrogens is 1. The lowest BCUT2D eigenvalue weighted by atomic mass is 9.90. The molecule has 3 aromatic rings. The topological polar surface area (TPSA) is 72.0 Å². The lowest BCUT2D eigenvalue weighted by molar-refractivity contribution is 0.366. The molecule has 0 bridgehead atoms. The second kappa shape index (κ2) is 6.05. The Morgan fingerprint density at radius 3 is 2.85 bits per heavy atom. The summed E-state index contributed by atoms with van der Waals surface area (Å²) >= 11 is 0. The largest absolute Gasteiger partial charge is 0.345 e. The molecular weight excluding hydrogens is 250 g/mol. The lowest BCUT2D eigenvalue weighted by Crippen LogP contribution is -2.16. The Labute approximate surface area is 118 Å². The van der Waals surface area contributed by atoms with E-state index in [1.165, 1.54) is 32.1 Å². The molecule has 0 spiro atoms. The summed E-state index contributed by atoms with van der Waals surface area (Å²) in [4.78, 5) is 11.4. The molecule has 0 radical (unpaired) electrons. The third kappa shape index (κ3) is 2.67. The van der Waals surface area contributed by atoms with Crippen molar-refractivity contribution in [2.75, 3.05) is 6.54 Å². The number of nitrogens with zero attached hydrogens (tertiary/aromatic N) is 3. The summed E-state index contributed by atoms with van der Waals surface area (Å²) in [6.07, 6.45) is 14.4. The number of rotatable bonds is 1. The number of aromatic amines is 1. The Morgan fingerprint density at radius 1 is 1.25 bits per heavy atom. The molecule has 0 atom stereocenters. The first kappa shape index (κ1) is 13.1. The van der Waals surface area contributed by atoms with Gasteiger partial charge in [-0.15, -0.1) is 0 Å². The Hall–Kier alpha value is -1.88. The zero-order valence-corrected chi connectivity index (χ0v) is 11.6. The molecule has 0 saturated heterocycles. The normalized spacial score (nSPS) is 16.2. The summed E-state index contributed by atoms with van der Waals surface area (Å²) < 4.78 is 2.00. The number of nitrogens with two attached hydrogens (primary N) is 1. The van der Waals surface area contributed by atoms with Gasteiger partial charge < -0.3 is 10.7 Å². The van der Waals surface area contributed by atoms with Crippen molar-refractivity contribution < 1.29 is 0 Å². The highest BCUT2D eigenvalue weighted by atomic mass is 15.0. The third-order valence-corrected chi connectivity index (χ3v) is 4.00. The fourth-order valence-corrected chi connectivity index (χ4v) is 2.81. The van der Waals surface area contributed by atoms with Crippen LogP contribution in [0.1, 0.15) is 32.1 Å². The van der Waals surface area contributed by atoms with Crippen molar-refractivity contribution in [3.63, 3.8) is 0 Å². The average molecular weight is 271 g/mol. The Bertz CT molecular complexity index is 613. The lowest BCUT2D eigenvalue weighted by Gasteiger charge is -2.18. The first-order chi connectivity index (χ1) is 9.88. The van der Waals surface area contributed by atoms with Crippen LogP contribution in [0, 0.1) is 5.92 Å². The highest BCUT2D eigenvalue weighted by Crippen LogP contribution is 2.21. The minimum absolute atomic E-state index is 0.865. The van der Waals surface area contributed by atoms with Crippen LogP contribution in [0.2, 0.25) is 0 Å². The summed E-state index contributed by atoms with van der Waals surface area (Å²) in [6, 6.07) is 1.98. The predicted molar refractivity (Wildman–Crippen MR) is 80.5 cm³/mol. The first-order valence-electron chi connectivity index (χ1n) is 7.33. The van der Waals surface area contributed by atoms with Gasteiger partial charge in [-0.05, 0) is 31.4 Å². The van der Waals surface area contributed by atoms with Crippen LogP contribution in [0.3, 0.4) is 0 Å². The molecule has 3 aromatic heterocycles. The molecule has 106 valence electrons. The number of imidazole rings is 1. The molecule has 3 heterocycles. The van der Waals surface area contributed by atoms with Crippen LogP contribution in [0.5, 0.6) is 0 Å². The summed E-state index contributed by atoms with van der Waals surface area (Å²) in [6.45, 7) is 0.917. The van der Waals surface area contributed by atoms with E-state index in [1.54, 1.807) is 12.4 Å². The SMILES string of the molecule is NCC1CCCCC1.c1cn2c(cnc3[nH]ccc32)n1. The number of aromatic nitrogens is 4. The minimum Gasteiger partial charge on any atom is -0.345 e. The van der Waals surface area contributed by atoms with Gasteiger partial charge in [0, 0.05) is 18.6 Å². The van der Waals surface area contributed by atoms with Crippen molar-refractivity contribution in [3.8, 4) is 0 Å². The summed E-state index contributed by atoms with van der Waals surface area (Å²) in [5.41, 5.74) is 8.33. The van der Waals surface area contributed by atoms with E-state index in [9.17, 15) is 0 Å². The van der Waals surface area contributed by atoms with Crippen LogP contribution in [0.4, 0.5) is 0 Å². The zero-order chi connectivity index (χ0) is 13.8. The van der Waals surface area contributed by atoms with Crippen molar-refractivity contribution in [2.24, 2.45) is 11.7 Å². The summed E-state index contributed by atoms with van der Waals surface area (Å²) in [5.74, 6) is 0.865. The van der Waals surface area contributed by atoms with E-state index < -0.39 is 0 Å². The number of nitrogens with one attached hydrogen (secondary N) is 1. The maximum absolute atomic E-state index is 5.50. The van der Waals surface area contributed by atoms with Crippen LogP contribution in [0.15, 0.2) is 30.9 Å². The Kier molecular flexibility index (Phi) is 3.97. The van der Waals surface area contributed by atoms with Crippen LogP contribution < -0.4 is 5.73 Å². The van der Waals surface area contributed by atoms with Gasteiger partial charge in [0.1, 0.15) is 0 Å².